The molecule has 0 aromatic carbocycles. The average molecular weight is 431 g/mol. The zero-order chi connectivity index (χ0) is 22.0. The first-order valence-corrected chi connectivity index (χ1v) is 13.2. The summed E-state index contributed by atoms with van der Waals surface area (Å²) in [6.07, 6.45) is 13.1. The van der Waals surface area contributed by atoms with Crippen LogP contribution in [0.15, 0.2) is 0 Å². The topological polar surface area (TPSA) is 43.4 Å². The number of quaternary nitrogens is 1. The molecule has 8 atom stereocenters. The molecule has 4 aliphatic carbocycles. The van der Waals surface area contributed by atoms with E-state index in [-0.39, 0.29) is 17.5 Å². The van der Waals surface area contributed by atoms with Crippen LogP contribution in [0.5, 0.6) is 0 Å². The van der Waals surface area contributed by atoms with Crippen LogP contribution in [0.25, 0.3) is 0 Å². The highest BCUT2D eigenvalue weighted by molar-refractivity contribution is 5.87. The van der Waals surface area contributed by atoms with Crippen molar-refractivity contribution >= 4 is 11.8 Å². The lowest BCUT2D eigenvalue weighted by Crippen LogP contribution is -2.66. The number of Topliss-reactive ketones (excluding diaryl/α,β-unsaturated/α-hetero) is 1. The maximum Gasteiger partial charge on any atom is 0.303 e. The lowest BCUT2D eigenvalue weighted by atomic mass is 9.44. The van der Waals surface area contributed by atoms with Gasteiger partial charge in [0.2, 0.25) is 0 Å². The molecule has 0 amide bonds. The van der Waals surface area contributed by atoms with Gasteiger partial charge in [0.25, 0.3) is 0 Å². The molecule has 4 heteroatoms. The molecule has 0 radical (unpaired) electrons. The summed E-state index contributed by atoms with van der Waals surface area (Å²) in [5, 5.41) is 0. The molecule has 1 aliphatic heterocycles. The summed E-state index contributed by atoms with van der Waals surface area (Å²) < 4.78 is 7.15. The van der Waals surface area contributed by atoms with Gasteiger partial charge in [0.05, 0.1) is 20.1 Å². The molecular weight excluding hydrogens is 386 g/mol. The van der Waals surface area contributed by atoms with E-state index in [1.54, 1.807) is 6.92 Å². The van der Waals surface area contributed by atoms with E-state index in [9.17, 15) is 9.59 Å². The molecule has 31 heavy (non-hydrogen) atoms. The van der Waals surface area contributed by atoms with Crippen molar-refractivity contribution in [3.8, 4) is 0 Å². The van der Waals surface area contributed by atoms with E-state index in [1.807, 2.05) is 0 Å². The van der Waals surface area contributed by atoms with Gasteiger partial charge in [-0.15, -0.1) is 0 Å². The SMILES string of the molecule is CC(=O)O[C@H]1C[C@@H]2CCC3C4CCC(=O)[C@@]4(C)CCC3[C@@]2(C)C[C@@H]1[N+]1(C)CCCCC1. The summed E-state index contributed by atoms with van der Waals surface area (Å²) in [4.78, 5) is 24.8. The van der Waals surface area contributed by atoms with Gasteiger partial charge in [-0.05, 0) is 86.9 Å². The van der Waals surface area contributed by atoms with Gasteiger partial charge in [0.15, 0.2) is 6.10 Å². The Morgan fingerprint density at radius 2 is 1.77 bits per heavy atom. The van der Waals surface area contributed by atoms with Crippen molar-refractivity contribution in [3.63, 3.8) is 0 Å². The lowest BCUT2D eigenvalue weighted by molar-refractivity contribution is -0.943. The van der Waals surface area contributed by atoms with Gasteiger partial charge in [-0.25, -0.2) is 0 Å². The Morgan fingerprint density at radius 3 is 2.48 bits per heavy atom. The van der Waals surface area contributed by atoms with Crippen LogP contribution in [-0.2, 0) is 14.3 Å². The van der Waals surface area contributed by atoms with Crippen LogP contribution in [0, 0.1) is 34.5 Å². The van der Waals surface area contributed by atoms with Crippen LogP contribution in [0.3, 0.4) is 0 Å². The maximum absolute atomic E-state index is 12.8. The number of carbonyl (C=O) groups is 2. The van der Waals surface area contributed by atoms with Gasteiger partial charge in [0, 0.05) is 25.2 Å². The van der Waals surface area contributed by atoms with E-state index < -0.39 is 0 Å². The molecule has 1 saturated heterocycles. The number of rotatable bonds is 2. The first kappa shape index (κ1) is 21.9. The quantitative estimate of drug-likeness (QED) is 0.450. The Bertz CT molecular complexity index is 743. The predicted molar refractivity (Wildman–Crippen MR) is 121 cm³/mol. The average Bonchev–Trinajstić information content (AvgIpc) is 3.03. The number of ether oxygens (including phenoxy) is 1. The predicted octanol–water partition coefficient (Wildman–Crippen LogP) is 5.14. The van der Waals surface area contributed by atoms with Gasteiger partial charge in [-0.2, -0.15) is 0 Å². The van der Waals surface area contributed by atoms with Crippen molar-refractivity contribution in [2.75, 3.05) is 20.1 Å². The third-order valence-electron chi connectivity index (χ3n) is 11.3. The molecule has 5 fully saturated rings. The molecule has 0 aromatic rings. The molecule has 4 saturated carbocycles. The third-order valence-corrected chi connectivity index (χ3v) is 11.3. The number of hydrogen-bond acceptors (Lipinski definition) is 3. The molecule has 0 aromatic heterocycles. The van der Waals surface area contributed by atoms with E-state index in [0.29, 0.717) is 29.1 Å². The summed E-state index contributed by atoms with van der Waals surface area (Å²) in [6.45, 7) is 8.94. The van der Waals surface area contributed by atoms with Crippen molar-refractivity contribution < 1.29 is 18.8 Å². The molecule has 1 heterocycles. The number of nitrogens with zero attached hydrogens (tertiary/aromatic N) is 1. The van der Waals surface area contributed by atoms with Crippen LogP contribution in [0.4, 0.5) is 0 Å². The Morgan fingerprint density at radius 1 is 1.03 bits per heavy atom. The monoisotopic (exact) mass is 430 g/mol. The molecule has 3 unspecified atom stereocenters. The fraction of sp³-hybridized carbons (Fsp3) is 0.926. The second kappa shape index (κ2) is 7.57. The van der Waals surface area contributed by atoms with Gasteiger partial charge in [-0.1, -0.05) is 13.8 Å². The number of ketones is 1. The van der Waals surface area contributed by atoms with E-state index in [0.717, 1.165) is 42.0 Å². The molecule has 4 nitrogen and oxygen atoms in total. The van der Waals surface area contributed by atoms with Gasteiger partial charge < -0.3 is 9.22 Å². The standard InChI is InChI=1S/C27H44NO3/c1-18(29)31-24-16-19-8-9-20-21-10-11-25(30)26(21,2)13-12-22(20)27(19,3)17-23(24)28(4)14-6-5-7-15-28/h19-24H,5-17H2,1-4H3/q+1/t19-,20?,21?,22?,23-,24-,26-,27-/m0/s1. The van der Waals surface area contributed by atoms with Crippen LogP contribution in [0.2, 0.25) is 0 Å². The zero-order valence-electron chi connectivity index (χ0n) is 20.3. The van der Waals surface area contributed by atoms with Crippen molar-refractivity contribution in [1.29, 1.82) is 0 Å². The molecule has 0 bridgehead atoms. The van der Waals surface area contributed by atoms with Crippen LogP contribution < -0.4 is 0 Å². The zero-order valence-corrected chi connectivity index (χ0v) is 20.3. The lowest BCUT2D eigenvalue weighted by Gasteiger charge is -2.62. The second-order valence-electron chi connectivity index (χ2n) is 12.7. The number of esters is 1. The van der Waals surface area contributed by atoms with Crippen molar-refractivity contribution in [2.45, 2.75) is 104 Å². The normalized spacial score (nSPS) is 49.0. The fourth-order valence-electron chi connectivity index (χ4n) is 9.56. The molecule has 5 rings (SSSR count). The van der Waals surface area contributed by atoms with Crippen LogP contribution in [0.1, 0.15) is 91.4 Å². The number of likely N-dealkylation sites (tertiary alicyclic amines) is 1. The van der Waals surface area contributed by atoms with E-state index in [2.05, 4.69) is 20.9 Å². The highest BCUT2D eigenvalue weighted by Crippen LogP contribution is 2.66. The number of piperidine rings is 1. The molecular formula is C27H44NO3+. The number of hydrogen-bond donors (Lipinski definition) is 0. The summed E-state index contributed by atoms with van der Waals surface area (Å²) in [5.41, 5.74) is 0.292. The van der Waals surface area contributed by atoms with Crippen molar-refractivity contribution in [2.24, 2.45) is 34.5 Å². The highest BCUT2D eigenvalue weighted by Gasteiger charge is 2.63. The minimum absolute atomic E-state index is 0.0376. The summed E-state index contributed by atoms with van der Waals surface area (Å²) in [7, 11) is 2.44. The minimum atomic E-state index is -0.103. The number of fused-ring (bicyclic) bond motifs is 5. The van der Waals surface area contributed by atoms with Crippen molar-refractivity contribution in [3.05, 3.63) is 0 Å². The molecule has 174 valence electrons. The summed E-state index contributed by atoms with van der Waals surface area (Å²) >= 11 is 0. The second-order valence-corrected chi connectivity index (χ2v) is 12.7. The molecule has 0 spiro atoms. The molecule has 0 N–H and O–H groups in total. The highest BCUT2D eigenvalue weighted by atomic mass is 16.5. The van der Waals surface area contributed by atoms with Gasteiger partial charge in [-0.3, -0.25) is 9.59 Å². The first-order valence-electron chi connectivity index (χ1n) is 13.2. The molecule has 5 aliphatic rings. The maximum atomic E-state index is 12.8. The Balaban J connectivity index is 1.45. The van der Waals surface area contributed by atoms with Crippen molar-refractivity contribution in [1.82, 2.24) is 0 Å². The fourth-order valence-corrected chi connectivity index (χ4v) is 9.56. The van der Waals surface area contributed by atoms with Gasteiger partial charge in [0.1, 0.15) is 11.8 Å². The largest absolute Gasteiger partial charge is 0.456 e. The summed E-state index contributed by atoms with van der Waals surface area (Å²) in [5.74, 6) is 3.18. The van der Waals surface area contributed by atoms with E-state index in [4.69, 9.17) is 4.74 Å². The Labute approximate surface area is 189 Å². The minimum Gasteiger partial charge on any atom is -0.456 e. The first-order chi connectivity index (χ1) is 14.7. The van der Waals surface area contributed by atoms with Gasteiger partial charge >= 0.3 is 5.97 Å². The Kier molecular flexibility index (Phi) is 5.35. The van der Waals surface area contributed by atoms with E-state index >= 15 is 0 Å². The number of likely N-dealkylation sites (N-methyl/N-ethyl adjacent to an activating group) is 1. The van der Waals surface area contributed by atoms with E-state index in [1.165, 1.54) is 58.0 Å². The number of carbonyl (C=O) groups excluding carboxylic acids is 2. The summed E-state index contributed by atoms with van der Waals surface area (Å²) in [6, 6.07) is 0.433. The Hall–Kier alpha value is -0.900. The third kappa shape index (κ3) is 3.33. The smallest absolute Gasteiger partial charge is 0.303 e. The van der Waals surface area contributed by atoms with Crippen LogP contribution >= 0.6 is 0 Å². The van der Waals surface area contributed by atoms with Crippen LogP contribution in [-0.4, -0.2) is 48.5 Å².